The number of hydrogen-bond donors (Lipinski definition) is 1. The van der Waals surface area contributed by atoms with Gasteiger partial charge in [-0.2, -0.15) is 0 Å². The lowest BCUT2D eigenvalue weighted by molar-refractivity contribution is 0.0912. The largest absolute Gasteiger partial charge is 0.351 e. The van der Waals surface area contributed by atoms with E-state index in [1.165, 1.54) is 0 Å². The lowest BCUT2D eigenvalue weighted by atomic mass is 10.1. The molecule has 1 N–H and O–H groups in total. The summed E-state index contributed by atoms with van der Waals surface area (Å²) in [5, 5.41) is 6.72. The monoisotopic (exact) mass is 290 g/mol. The average molecular weight is 290 g/mol. The number of hydrogen-bond acceptors (Lipinski definition) is 4. The summed E-state index contributed by atoms with van der Waals surface area (Å²) in [7, 11) is 0. The Labute approximate surface area is 124 Å². The third kappa shape index (κ3) is 4.18. The Morgan fingerprint density at radius 3 is 3.00 bits per heavy atom. The van der Waals surface area contributed by atoms with Crippen molar-refractivity contribution in [2.45, 2.75) is 46.7 Å². The fraction of sp³-hybridized carbons (Fsp3) is 0.533. The molecule has 0 aliphatic carbocycles. The van der Waals surface area contributed by atoms with E-state index in [2.05, 4.69) is 36.2 Å². The van der Waals surface area contributed by atoms with E-state index in [-0.39, 0.29) is 11.7 Å². The fourth-order valence-corrected chi connectivity index (χ4v) is 2.13. The predicted octanol–water partition coefficient (Wildman–Crippen LogP) is 2.41. The van der Waals surface area contributed by atoms with Crippen molar-refractivity contribution in [1.29, 1.82) is 0 Å². The summed E-state index contributed by atoms with van der Waals surface area (Å²) in [4.78, 5) is 16.3. The molecule has 0 unspecified atom stereocenters. The molecule has 0 aromatic carbocycles. The highest BCUT2D eigenvalue weighted by atomic mass is 16.5. The second-order valence-corrected chi connectivity index (χ2v) is 5.50. The molecule has 2 rings (SSSR count). The van der Waals surface area contributed by atoms with E-state index in [1.54, 1.807) is 12.3 Å². The van der Waals surface area contributed by atoms with Gasteiger partial charge in [-0.05, 0) is 18.8 Å². The molecule has 0 saturated heterocycles. The Hall–Kier alpha value is -2.11. The van der Waals surface area contributed by atoms with Crippen molar-refractivity contribution in [1.82, 2.24) is 20.0 Å². The van der Waals surface area contributed by atoms with Gasteiger partial charge in [0.15, 0.2) is 0 Å². The number of nitrogens with zero attached hydrogens (tertiary/aromatic N) is 3. The van der Waals surface area contributed by atoms with Crippen molar-refractivity contribution < 1.29 is 9.32 Å². The third-order valence-corrected chi connectivity index (χ3v) is 3.07. The number of imidazole rings is 1. The second-order valence-electron chi connectivity index (χ2n) is 5.50. The first kappa shape index (κ1) is 15.3. The normalized spacial score (nSPS) is 11.0. The van der Waals surface area contributed by atoms with Crippen LogP contribution in [0.2, 0.25) is 0 Å². The van der Waals surface area contributed by atoms with Gasteiger partial charge in [0.1, 0.15) is 5.82 Å². The molecular weight excluding hydrogens is 268 g/mol. The number of nitrogens with one attached hydrogen (secondary N) is 1. The first-order chi connectivity index (χ1) is 10.1. The molecule has 21 heavy (non-hydrogen) atoms. The highest BCUT2D eigenvalue weighted by molar-refractivity contribution is 5.91. The van der Waals surface area contributed by atoms with Gasteiger partial charge in [0, 0.05) is 25.0 Å². The minimum Gasteiger partial charge on any atom is -0.351 e. The molecule has 6 heteroatoms. The molecule has 6 nitrogen and oxygen atoms in total. The van der Waals surface area contributed by atoms with Gasteiger partial charge in [-0.25, -0.2) is 4.98 Å². The maximum absolute atomic E-state index is 12.0. The van der Waals surface area contributed by atoms with E-state index in [0.29, 0.717) is 12.5 Å². The van der Waals surface area contributed by atoms with Gasteiger partial charge < -0.3 is 14.4 Å². The van der Waals surface area contributed by atoms with Crippen LogP contribution in [0.5, 0.6) is 0 Å². The minimum absolute atomic E-state index is 0.249. The molecule has 0 spiro atoms. The highest BCUT2D eigenvalue weighted by Gasteiger charge is 2.14. The van der Waals surface area contributed by atoms with Crippen molar-refractivity contribution in [3.05, 3.63) is 35.7 Å². The molecule has 2 heterocycles. The first-order valence-electron chi connectivity index (χ1n) is 7.34. The van der Waals surface area contributed by atoms with Crippen molar-refractivity contribution in [3.8, 4) is 0 Å². The van der Waals surface area contributed by atoms with Crippen LogP contribution in [0, 0.1) is 5.92 Å². The SMILES string of the molecule is CCCn1ccnc1CNC(=O)c1cc(CC(C)C)no1. The molecule has 0 saturated carbocycles. The Bertz CT molecular complexity index is 586. The van der Waals surface area contributed by atoms with Gasteiger partial charge in [0.05, 0.1) is 12.2 Å². The van der Waals surface area contributed by atoms with Gasteiger partial charge in [-0.15, -0.1) is 0 Å². The van der Waals surface area contributed by atoms with Gasteiger partial charge in [0.25, 0.3) is 5.91 Å². The zero-order chi connectivity index (χ0) is 15.2. The van der Waals surface area contributed by atoms with Gasteiger partial charge in [-0.3, -0.25) is 4.79 Å². The molecule has 0 bridgehead atoms. The second kappa shape index (κ2) is 7.06. The van der Waals surface area contributed by atoms with Crippen molar-refractivity contribution in [2.24, 2.45) is 5.92 Å². The van der Waals surface area contributed by atoms with Crippen LogP contribution in [0.3, 0.4) is 0 Å². The maximum Gasteiger partial charge on any atom is 0.290 e. The third-order valence-electron chi connectivity index (χ3n) is 3.07. The van der Waals surface area contributed by atoms with E-state index in [0.717, 1.165) is 30.9 Å². The van der Waals surface area contributed by atoms with Gasteiger partial charge >= 0.3 is 0 Å². The molecule has 1 amide bonds. The molecule has 0 fully saturated rings. The summed E-state index contributed by atoms with van der Waals surface area (Å²) in [5.41, 5.74) is 0.808. The van der Waals surface area contributed by atoms with Crippen LogP contribution < -0.4 is 5.32 Å². The summed E-state index contributed by atoms with van der Waals surface area (Å²) in [5.74, 6) is 1.31. The Morgan fingerprint density at radius 1 is 1.48 bits per heavy atom. The zero-order valence-electron chi connectivity index (χ0n) is 12.8. The number of aromatic nitrogens is 3. The van der Waals surface area contributed by atoms with Crippen molar-refractivity contribution in [2.75, 3.05) is 0 Å². The van der Waals surface area contributed by atoms with E-state index in [9.17, 15) is 4.79 Å². The van der Waals surface area contributed by atoms with E-state index < -0.39 is 0 Å². The fourth-order valence-electron chi connectivity index (χ4n) is 2.13. The molecular formula is C15H22N4O2. The van der Waals surface area contributed by atoms with Crippen LogP contribution in [0.4, 0.5) is 0 Å². The van der Waals surface area contributed by atoms with Crippen LogP contribution in [0.1, 0.15) is 49.3 Å². The standard InChI is InChI=1S/C15H22N4O2/c1-4-6-19-7-5-16-14(19)10-17-15(20)13-9-12(18-21-13)8-11(2)3/h5,7,9,11H,4,6,8,10H2,1-3H3,(H,17,20). The number of carbonyl (C=O) groups is 1. The lowest BCUT2D eigenvalue weighted by Gasteiger charge is -2.06. The van der Waals surface area contributed by atoms with Crippen LogP contribution >= 0.6 is 0 Å². The highest BCUT2D eigenvalue weighted by Crippen LogP contribution is 2.09. The minimum atomic E-state index is -0.261. The predicted molar refractivity (Wildman–Crippen MR) is 78.7 cm³/mol. The Kier molecular flexibility index (Phi) is 5.14. The topological polar surface area (TPSA) is 73.0 Å². The summed E-state index contributed by atoms with van der Waals surface area (Å²) >= 11 is 0. The smallest absolute Gasteiger partial charge is 0.290 e. The number of amides is 1. The number of carbonyl (C=O) groups excluding carboxylic acids is 1. The molecule has 0 radical (unpaired) electrons. The van der Waals surface area contributed by atoms with E-state index >= 15 is 0 Å². The van der Waals surface area contributed by atoms with Crippen molar-refractivity contribution in [3.63, 3.8) is 0 Å². The molecule has 0 aliphatic rings. The molecule has 0 atom stereocenters. The quantitative estimate of drug-likeness (QED) is 0.850. The molecule has 2 aromatic rings. The molecule has 114 valence electrons. The lowest BCUT2D eigenvalue weighted by Crippen LogP contribution is -2.24. The maximum atomic E-state index is 12.0. The summed E-state index contributed by atoms with van der Waals surface area (Å²) < 4.78 is 7.12. The first-order valence-corrected chi connectivity index (χ1v) is 7.34. The van der Waals surface area contributed by atoms with E-state index in [4.69, 9.17) is 4.52 Å². The van der Waals surface area contributed by atoms with Crippen LogP contribution in [-0.4, -0.2) is 20.6 Å². The van der Waals surface area contributed by atoms with Crippen molar-refractivity contribution >= 4 is 5.91 Å². The van der Waals surface area contributed by atoms with Gasteiger partial charge in [-0.1, -0.05) is 25.9 Å². The zero-order valence-corrected chi connectivity index (χ0v) is 12.8. The molecule has 0 aliphatic heterocycles. The van der Waals surface area contributed by atoms with Gasteiger partial charge in [0.2, 0.25) is 5.76 Å². The summed E-state index contributed by atoms with van der Waals surface area (Å²) in [6.45, 7) is 7.58. The average Bonchev–Trinajstić information content (AvgIpc) is 3.05. The van der Waals surface area contributed by atoms with Crippen LogP contribution in [0.25, 0.3) is 0 Å². The van der Waals surface area contributed by atoms with Crippen LogP contribution in [-0.2, 0) is 19.5 Å². The Morgan fingerprint density at radius 2 is 2.29 bits per heavy atom. The van der Waals surface area contributed by atoms with E-state index in [1.807, 2.05) is 10.8 Å². The molecule has 2 aromatic heterocycles. The summed E-state index contributed by atoms with van der Waals surface area (Å²) in [6, 6.07) is 1.70. The number of aryl methyl sites for hydroxylation is 1. The van der Waals surface area contributed by atoms with Crippen LogP contribution in [0.15, 0.2) is 23.0 Å². The summed E-state index contributed by atoms with van der Waals surface area (Å²) in [6.07, 6.45) is 5.49. The Balaban J connectivity index is 1.92. The number of rotatable bonds is 7.